The summed E-state index contributed by atoms with van der Waals surface area (Å²) in [6.45, 7) is 4.09. The van der Waals surface area contributed by atoms with Crippen LogP contribution in [0.5, 0.6) is 0 Å². The fraction of sp³-hybridized carbons (Fsp3) is 0.286. The topological polar surface area (TPSA) is 88.9 Å². The normalized spacial score (nSPS) is 10.3. The molecule has 0 fully saturated rings. The van der Waals surface area contributed by atoms with Crippen LogP contribution in [0.25, 0.3) is 5.69 Å². The number of carbonyl (C=O) groups is 2. The van der Waals surface area contributed by atoms with Crippen molar-refractivity contribution in [3.63, 3.8) is 0 Å². The highest BCUT2D eigenvalue weighted by atomic mass is 32.2. The van der Waals surface area contributed by atoms with Gasteiger partial charge in [0.15, 0.2) is 5.16 Å². The third-order valence-electron chi connectivity index (χ3n) is 2.73. The number of benzene rings is 1. The number of urea groups is 1. The van der Waals surface area contributed by atoms with Crippen molar-refractivity contribution in [1.82, 2.24) is 25.4 Å². The van der Waals surface area contributed by atoms with Gasteiger partial charge in [0.25, 0.3) is 0 Å². The molecular formula is C14H17N5O2S. The number of hydrogen-bond donors (Lipinski definition) is 2. The molecule has 0 unspecified atom stereocenters. The number of nitrogens with zero attached hydrogens (tertiary/aromatic N) is 3. The summed E-state index contributed by atoms with van der Waals surface area (Å²) in [5.74, 6) is 0.441. The van der Waals surface area contributed by atoms with Crippen molar-refractivity contribution in [1.29, 1.82) is 0 Å². The average Bonchev–Trinajstić information content (AvgIpc) is 2.87. The SMILES string of the molecule is CCNC(=O)NC(=O)CSc1nnc(C)n1-c1ccccc1. The van der Waals surface area contributed by atoms with Gasteiger partial charge in [-0.25, -0.2) is 4.79 Å². The molecule has 22 heavy (non-hydrogen) atoms. The van der Waals surface area contributed by atoms with Crippen LogP contribution in [0.2, 0.25) is 0 Å². The van der Waals surface area contributed by atoms with Crippen molar-refractivity contribution in [2.45, 2.75) is 19.0 Å². The number of aryl methyl sites for hydroxylation is 1. The zero-order valence-electron chi connectivity index (χ0n) is 12.4. The van der Waals surface area contributed by atoms with Crippen LogP contribution in [-0.4, -0.2) is 39.0 Å². The summed E-state index contributed by atoms with van der Waals surface area (Å²) < 4.78 is 1.87. The van der Waals surface area contributed by atoms with E-state index in [2.05, 4.69) is 20.8 Å². The van der Waals surface area contributed by atoms with Gasteiger partial charge >= 0.3 is 6.03 Å². The lowest BCUT2D eigenvalue weighted by Crippen LogP contribution is -2.40. The number of rotatable bonds is 5. The summed E-state index contributed by atoms with van der Waals surface area (Å²) in [5.41, 5.74) is 0.927. The van der Waals surface area contributed by atoms with Gasteiger partial charge in [0.2, 0.25) is 5.91 Å². The van der Waals surface area contributed by atoms with Crippen molar-refractivity contribution in [3.8, 4) is 5.69 Å². The third-order valence-corrected chi connectivity index (χ3v) is 3.66. The Morgan fingerprint density at radius 2 is 1.95 bits per heavy atom. The molecule has 7 nitrogen and oxygen atoms in total. The lowest BCUT2D eigenvalue weighted by atomic mass is 10.3. The average molecular weight is 319 g/mol. The van der Waals surface area contributed by atoms with Crippen LogP contribution < -0.4 is 10.6 Å². The monoisotopic (exact) mass is 319 g/mol. The van der Waals surface area contributed by atoms with E-state index >= 15 is 0 Å². The Kier molecular flexibility index (Phi) is 5.54. The molecule has 0 aliphatic rings. The molecule has 1 aromatic heterocycles. The predicted octanol–water partition coefficient (Wildman–Crippen LogP) is 1.51. The van der Waals surface area contributed by atoms with Crippen molar-refractivity contribution in [2.24, 2.45) is 0 Å². The second kappa shape index (κ2) is 7.60. The smallest absolute Gasteiger partial charge is 0.321 e. The molecule has 8 heteroatoms. The summed E-state index contributed by atoms with van der Waals surface area (Å²) in [7, 11) is 0. The second-order valence-corrected chi connectivity index (χ2v) is 5.34. The second-order valence-electron chi connectivity index (χ2n) is 4.40. The van der Waals surface area contributed by atoms with E-state index in [1.807, 2.05) is 41.8 Å². The van der Waals surface area contributed by atoms with E-state index in [1.165, 1.54) is 11.8 Å². The van der Waals surface area contributed by atoms with Crippen LogP contribution in [-0.2, 0) is 4.79 Å². The Labute approximate surface area is 132 Å². The maximum atomic E-state index is 11.7. The summed E-state index contributed by atoms with van der Waals surface area (Å²) in [6.07, 6.45) is 0. The van der Waals surface area contributed by atoms with E-state index < -0.39 is 6.03 Å². The van der Waals surface area contributed by atoms with Crippen molar-refractivity contribution >= 4 is 23.7 Å². The standard InChI is InChI=1S/C14H17N5O2S/c1-3-15-13(21)16-12(20)9-22-14-18-17-10(2)19(14)11-7-5-4-6-8-11/h4-8H,3,9H2,1-2H3,(H2,15,16,20,21). The van der Waals surface area contributed by atoms with E-state index in [9.17, 15) is 9.59 Å². The largest absolute Gasteiger partial charge is 0.338 e. The number of para-hydroxylation sites is 1. The van der Waals surface area contributed by atoms with Gasteiger partial charge < -0.3 is 5.32 Å². The molecule has 0 radical (unpaired) electrons. The van der Waals surface area contributed by atoms with Gasteiger partial charge in [-0.1, -0.05) is 30.0 Å². The molecule has 0 atom stereocenters. The van der Waals surface area contributed by atoms with Gasteiger partial charge in [-0.2, -0.15) is 0 Å². The lowest BCUT2D eigenvalue weighted by molar-refractivity contribution is -0.117. The van der Waals surface area contributed by atoms with Gasteiger partial charge in [0, 0.05) is 12.2 Å². The van der Waals surface area contributed by atoms with Gasteiger partial charge in [0.1, 0.15) is 5.82 Å². The quantitative estimate of drug-likeness (QED) is 0.816. The number of hydrogen-bond acceptors (Lipinski definition) is 5. The molecule has 2 rings (SSSR count). The highest BCUT2D eigenvalue weighted by Crippen LogP contribution is 2.21. The molecule has 0 aliphatic heterocycles. The highest BCUT2D eigenvalue weighted by molar-refractivity contribution is 7.99. The van der Waals surface area contributed by atoms with Gasteiger partial charge in [-0.15, -0.1) is 10.2 Å². The molecule has 0 saturated carbocycles. The van der Waals surface area contributed by atoms with E-state index in [1.54, 1.807) is 6.92 Å². The Bertz CT molecular complexity index is 657. The van der Waals surface area contributed by atoms with Crippen molar-refractivity contribution in [3.05, 3.63) is 36.2 Å². The first-order valence-corrected chi connectivity index (χ1v) is 7.78. The van der Waals surface area contributed by atoms with Crippen LogP contribution in [0.1, 0.15) is 12.7 Å². The fourth-order valence-electron chi connectivity index (χ4n) is 1.81. The zero-order chi connectivity index (χ0) is 15.9. The molecule has 116 valence electrons. The predicted molar refractivity (Wildman–Crippen MR) is 84.0 cm³/mol. The molecule has 0 spiro atoms. The summed E-state index contributed by atoms with van der Waals surface area (Å²) in [4.78, 5) is 23.0. The summed E-state index contributed by atoms with van der Waals surface area (Å²) in [6, 6.07) is 9.16. The van der Waals surface area contributed by atoms with Gasteiger partial charge in [-0.3, -0.25) is 14.7 Å². The number of amides is 3. The third kappa shape index (κ3) is 4.08. The zero-order valence-corrected chi connectivity index (χ0v) is 13.2. The first-order chi connectivity index (χ1) is 10.6. The van der Waals surface area contributed by atoms with Crippen molar-refractivity contribution < 1.29 is 9.59 Å². The Hall–Kier alpha value is -2.35. The number of nitrogens with one attached hydrogen (secondary N) is 2. The van der Waals surface area contributed by atoms with E-state index in [4.69, 9.17) is 0 Å². The Balaban J connectivity index is 2.03. The first kappa shape index (κ1) is 16.0. The van der Waals surface area contributed by atoms with Crippen molar-refractivity contribution in [2.75, 3.05) is 12.3 Å². The molecule has 2 N–H and O–H groups in total. The van der Waals surface area contributed by atoms with E-state index in [-0.39, 0.29) is 11.7 Å². The van der Waals surface area contributed by atoms with E-state index in [0.717, 1.165) is 11.5 Å². The maximum absolute atomic E-state index is 11.7. The number of carbonyl (C=O) groups excluding carboxylic acids is 2. The van der Waals surface area contributed by atoms with Crippen LogP contribution in [0, 0.1) is 6.92 Å². The highest BCUT2D eigenvalue weighted by Gasteiger charge is 2.14. The molecule has 1 aromatic carbocycles. The number of imide groups is 1. The Morgan fingerprint density at radius 1 is 1.23 bits per heavy atom. The molecule has 2 aromatic rings. The Morgan fingerprint density at radius 3 is 2.64 bits per heavy atom. The van der Waals surface area contributed by atoms with Gasteiger partial charge in [0.05, 0.1) is 5.75 Å². The van der Waals surface area contributed by atoms with Gasteiger partial charge in [-0.05, 0) is 26.0 Å². The van der Waals surface area contributed by atoms with Crippen LogP contribution in [0.4, 0.5) is 4.79 Å². The first-order valence-electron chi connectivity index (χ1n) is 6.79. The van der Waals surface area contributed by atoms with Crippen LogP contribution in [0.15, 0.2) is 35.5 Å². The number of aromatic nitrogens is 3. The molecule has 0 saturated heterocycles. The maximum Gasteiger partial charge on any atom is 0.321 e. The number of thioether (sulfide) groups is 1. The fourth-order valence-corrected chi connectivity index (χ4v) is 2.61. The van der Waals surface area contributed by atoms with Crippen LogP contribution >= 0.6 is 11.8 Å². The minimum absolute atomic E-state index is 0.0854. The summed E-state index contributed by atoms with van der Waals surface area (Å²) in [5, 5.41) is 13.5. The minimum atomic E-state index is -0.492. The molecule has 1 heterocycles. The molecule has 0 bridgehead atoms. The minimum Gasteiger partial charge on any atom is -0.338 e. The van der Waals surface area contributed by atoms with E-state index in [0.29, 0.717) is 11.7 Å². The van der Waals surface area contributed by atoms with Crippen LogP contribution in [0.3, 0.4) is 0 Å². The summed E-state index contributed by atoms with van der Waals surface area (Å²) >= 11 is 1.23. The molecule has 3 amide bonds. The molecular weight excluding hydrogens is 302 g/mol. The molecule has 0 aliphatic carbocycles. The lowest BCUT2D eigenvalue weighted by Gasteiger charge is -2.08.